The maximum absolute atomic E-state index is 11.4. The van der Waals surface area contributed by atoms with Crippen LogP contribution in [-0.4, -0.2) is 24.4 Å². The summed E-state index contributed by atoms with van der Waals surface area (Å²) in [6.45, 7) is 0. The molecule has 124 valence electrons. The number of halogens is 2. The Balaban J connectivity index is 1.94. The van der Waals surface area contributed by atoms with E-state index >= 15 is 0 Å². The number of anilines is 1. The summed E-state index contributed by atoms with van der Waals surface area (Å²) in [4.78, 5) is 11.4. The smallest absolute Gasteiger partial charge is 0.337 e. The van der Waals surface area contributed by atoms with Gasteiger partial charge in [0.15, 0.2) is 5.11 Å². The Labute approximate surface area is 154 Å². The van der Waals surface area contributed by atoms with Gasteiger partial charge in [0.2, 0.25) is 0 Å². The number of benzene rings is 2. The summed E-state index contributed by atoms with van der Waals surface area (Å²) in [6.07, 6.45) is 1.49. The van der Waals surface area contributed by atoms with Crippen LogP contribution >= 0.6 is 35.4 Å². The maximum atomic E-state index is 11.4. The Morgan fingerprint density at radius 3 is 2.38 bits per heavy atom. The molecule has 0 radical (unpaired) electrons. The largest absolute Gasteiger partial charge is 0.465 e. The quantitative estimate of drug-likeness (QED) is 0.361. The second-order valence-electron chi connectivity index (χ2n) is 4.53. The Kier molecular flexibility index (Phi) is 6.54. The van der Waals surface area contributed by atoms with Crippen LogP contribution in [0.5, 0.6) is 0 Å². The average Bonchev–Trinajstić information content (AvgIpc) is 2.57. The van der Waals surface area contributed by atoms with Gasteiger partial charge in [0, 0.05) is 11.3 Å². The summed E-state index contributed by atoms with van der Waals surface area (Å²) < 4.78 is 4.63. The average molecular weight is 382 g/mol. The number of thiocarbonyl (C=S) groups is 1. The van der Waals surface area contributed by atoms with Gasteiger partial charge in [-0.1, -0.05) is 29.3 Å². The number of carbonyl (C=O) groups is 1. The minimum absolute atomic E-state index is 0.278. The third-order valence-electron chi connectivity index (χ3n) is 2.92. The lowest BCUT2D eigenvalue weighted by atomic mass is 10.2. The molecule has 0 aromatic heterocycles. The molecule has 0 unspecified atom stereocenters. The van der Waals surface area contributed by atoms with Crippen molar-refractivity contribution in [2.24, 2.45) is 5.10 Å². The monoisotopic (exact) mass is 381 g/mol. The highest BCUT2D eigenvalue weighted by molar-refractivity contribution is 7.80. The van der Waals surface area contributed by atoms with Crippen molar-refractivity contribution in [3.05, 3.63) is 63.6 Å². The molecule has 0 bridgehead atoms. The highest BCUT2D eigenvalue weighted by Gasteiger charge is 2.05. The molecule has 0 saturated carbocycles. The standard InChI is InChI=1S/C16H13Cl2N3O2S/c1-23-15(22)10-5-7-11(8-6-10)20-16(24)21-19-9-12-13(17)3-2-4-14(12)18/h2-9H,1H3,(H2,20,21,24)/b19-9+. The molecule has 0 aliphatic rings. The number of ether oxygens (including phenoxy) is 1. The van der Waals surface area contributed by atoms with Crippen molar-refractivity contribution >= 4 is 58.4 Å². The summed E-state index contributed by atoms with van der Waals surface area (Å²) in [6, 6.07) is 11.8. The van der Waals surface area contributed by atoms with Crippen molar-refractivity contribution in [2.45, 2.75) is 0 Å². The Hall–Kier alpha value is -2.15. The van der Waals surface area contributed by atoms with Gasteiger partial charge in [-0.05, 0) is 48.6 Å². The molecule has 8 heteroatoms. The minimum atomic E-state index is -0.400. The van der Waals surface area contributed by atoms with Gasteiger partial charge in [0.25, 0.3) is 0 Å². The van der Waals surface area contributed by atoms with Gasteiger partial charge in [-0.15, -0.1) is 0 Å². The fraction of sp³-hybridized carbons (Fsp3) is 0.0625. The van der Waals surface area contributed by atoms with Crippen molar-refractivity contribution in [1.82, 2.24) is 5.43 Å². The van der Waals surface area contributed by atoms with E-state index in [9.17, 15) is 4.79 Å². The minimum Gasteiger partial charge on any atom is -0.465 e. The van der Waals surface area contributed by atoms with Gasteiger partial charge in [-0.3, -0.25) is 5.43 Å². The van der Waals surface area contributed by atoms with Crippen molar-refractivity contribution in [2.75, 3.05) is 12.4 Å². The first-order valence-corrected chi connectivity index (χ1v) is 7.90. The summed E-state index contributed by atoms with van der Waals surface area (Å²) in [5, 5.41) is 8.19. The zero-order chi connectivity index (χ0) is 17.5. The lowest BCUT2D eigenvalue weighted by molar-refractivity contribution is 0.0601. The number of hydrogen-bond donors (Lipinski definition) is 2. The number of hydrazone groups is 1. The Bertz CT molecular complexity index is 759. The fourth-order valence-corrected chi connectivity index (χ4v) is 2.42. The maximum Gasteiger partial charge on any atom is 0.337 e. The van der Waals surface area contributed by atoms with Crippen LogP contribution in [0.2, 0.25) is 10.0 Å². The van der Waals surface area contributed by atoms with E-state index in [-0.39, 0.29) is 5.11 Å². The highest BCUT2D eigenvalue weighted by atomic mass is 35.5. The second kappa shape index (κ2) is 8.63. The SMILES string of the molecule is COC(=O)c1ccc(NC(=S)N/N=C/c2c(Cl)cccc2Cl)cc1. The molecular weight excluding hydrogens is 369 g/mol. The van der Waals surface area contributed by atoms with E-state index in [1.54, 1.807) is 42.5 Å². The van der Waals surface area contributed by atoms with Gasteiger partial charge < -0.3 is 10.1 Å². The van der Waals surface area contributed by atoms with Crippen molar-refractivity contribution in [3.63, 3.8) is 0 Å². The van der Waals surface area contributed by atoms with Gasteiger partial charge in [0.05, 0.1) is 28.9 Å². The Morgan fingerprint density at radius 1 is 1.17 bits per heavy atom. The summed E-state index contributed by atoms with van der Waals surface area (Å²) in [7, 11) is 1.33. The van der Waals surface area contributed by atoms with E-state index in [0.717, 1.165) is 0 Å². The van der Waals surface area contributed by atoms with E-state index in [1.807, 2.05) is 0 Å². The number of nitrogens with one attached hydrogen (secondary N) is 2. The van der Waals surface area contributed by atoms with Crippen LogP contribution in [0.15, 0.2) is 47.6 Å². The molecule has 0 heterocycles. The molecule has 2 aromatic rings. The van der Waals surface area contributed by atoms with Crippen LogP contribution in [0.25, 0.3) is 0 Å². The van der Waals surface area contributed by atoms with Crippen LogP contribution in [0.4, 0.5) is 5.69 Å². The molecule has 0 saturated heterocycles. The van der Waals surface area contributed by atoms with E-state index in [2.05, 4.69) is 20.6 Å². The number of hydrogen-bond acceptors (Lipinski definition) is 4. The first-order chi connectivity index (χ1) is 11.5. The third-order valence-corrected chi connectivity index (χ3v) is 3.78. The predicted molar refractivity (Wildman–Crippen MR) is 101 cm³/mol. The van der Waals surface area contributed by atoms with Gasteiger partial charge in [0.1, 0.15) is 0 Å². The zero-order valence-corrected chi connectivity index (χ0v) is 14.9. The molecule has 0 aliphatic heterocycles. The van der Waals surface area contributed by atoms with Crippen LogP contribution < -0.4 is 10.7 Å². The molecule has 2 N–H and O–H groups in total. The van der Waals surface area contributed by atoms with Crippen molar-refractivity contribution < 1.29 is 9.53 Å². The predicted octanol–water partition coefficient (Wildman–Crippen LogP) is 4.10. The van der Waals surface area contributed by atoms with Crippen LogP contribution in [0.3, 0.4) is 0 Å². The number of carbonyl (C=O) groups excluding carboxylic acids is 1. The molecule has 0 fully saturated rings. The van der Waals surface area contributed by atoms with E-state index in [4.69, 9.17) is 35.4 Å². The molecule has 5 nitrogen and oxygen atoms in total. The molecule has 0 spiro atoms. The highest BCUT2D eigenvalue weighted by Crippen LogP contribution is 2.22. The second-order valence-corrected chi connectivity index (χ2v) is 5.75. The molecular formula is C16H13Cl2N3O2S. The number of esters is 1. The summed E-state index contributed by atoms with van der Waals surface area (Å²) >= 11 is 17.2. The lowest BCUT2D eigenvalue weighted by Gasteiger charge is -2.07. The van der Waals surface area contributed by atoms with Gasteiger partial charge in [-0.2, -0.15) is 5.10 Å². The first-order valence-electron chi connectivity index (χ1n) is 6.73. The number of nitrogens with zero attached hydrogens (tertiary/aromatic N) is 1. The van der Waals surface area contributed by atoms with E-state index in [0.29, 0.717) is 26.9 Å². The lowest BCUT2D eigenvalue weighted by Crippen LogP contribution is -2.23. The summed E-state index contributed by atoms with van der Waals surface area (Å²) in [5.41, 5.74) is 4.41. The van der Waals surface area contributed by atoms with Crippen LogP contribution in [0.1, 0.15) is 15.9 Å². The number of rotatable bonds is 4. The topological polar surface area (TPSA) is 62.7 Å². The van der Waals surface area contributed by atoms with Crippen molar-refractivity contribution in [3.8, 4) is 0 Å². The first kappa shape index (κ1) is 18.2. The third kappa shape index (κ3) is 4.92. The van der Waals surface area contributed by atoms with E-state index < -0.39 is 5.97 Å². The summed E-state index contributed by atoms with van der Waals surface area (Å²) in [5.74, 6) is -0.400. The molecule has 24 heavy (non-hydrogen) atoms. The molecule has 2 aromatic carbocycles. The fourth-order valence-electron chi connectivity index (χ4n) is 1.76. The molecule has 0 aliphatic carbocycles. The van der Waals surface area contributed by atoms with Crippen LogP contribution in [0, 0.1) is 0 Å². The van der Waals surface area contributed by atoms with Crippen LogP contribution in [-0.2, 0) is 4.74 Å². The zero-order valence-electron chi connectivity index (χ0n) is 12.5. The van der Waals surface area contributed by atoms with Gasteiger partial charge >= 0.3 is 5.97 Å². The van der Waals surface area contributed by atoms with E-state index in [1.165, 1.54) is 13.3 Å². The molecule has 2 rings (SSSR count). The molecule has 0 atom stereocenters. The van der Waals surface area contributed by atoms with Crippen molar-refractivity contribution in [1.29, 1.82) is 0 Å². The Morgan fingerprint density at radius 2 is 1.79 bits per heavy atom. The number of methoxy groups -OCH3 is 1. The normalized spacial score (nSPS) is 10.5. The molecule has 0 amide bonds. The van der Waals surface area contributed by atoms with Gasteiger partial charge in [-0.25, -0.2) is 4.79 Å².